The summed E-state index contributed by atoms with van der Waals surface area (Å²) in [5.41, 5.74) is 10.1. The van der Waals surface area contributed by atoms with Gasteiger partial charge in [0.2, 0.25) is 0 Å². The van der Waals surface area contributed by atoms with Crippen LogP contribution in [-0.4, -0.2) is 41.5 Å². The van der Waals surface area contributed by atoms with Crippen LogP contribution in [0.1, 0.15) is 59.3 Å². The van der Waals surface area contributed by atoms with E-state index >= 15 is 0 Å². The first-order valence-electron chi connectivity index (χ1n) is 10.7. The average molecular weight is 420 g/mol. The number of hydrogen-bond acceptors (Lipinski definition) is 5. The van der Waals surface area contributed by atoms with E-state index in [-0.39, 0.29) is 29.8 Å². The molecule has 7 heteroatoms. The first-order chi connectivity index (χ1) is 14.3. The second kappa shape index (κ2) is 14.0. The molecule has 0 bridgehead atoms. The predicted octanol–water partition coefficient (Wildman–Crippen LogP) is 4.86. The summed E-state index contributed by atoms with van der Waals surface area (Å²) in [5, 5.41) is 24.8. The summed E-state index contributed by atoms with van der Waals surface area (Å²) in [5.74, 6) is -0.334. The number of allylic oxidation sites excluding steroid dienone is 4. The molecule has 168 valence electrons. The predicted molar refractivity (Wildman–Crippen MR) is 119 cm³/mol. The van der Waals surface area contributed by atoms with Crippen LogP contribution in [0.25, 0.3) is 10.4 Å². The third-order valence-electron chi connectivity index (χ3n) is 5.68. The molecule has 1 rings (SSSR count). The number of methoxy groups -OCH3 is 1. The summed E-state index contributed by atoms with van der Waals surface area (Å²) in [6.07, 6.45) is 12.3. The van der Waals surface area contributed by atoms with Crippen LogP contribution in [0.2, 0.25) is 0 Å². The Morgan fingerprint density at radius 1 is 1.37 bits per heavy atom. The van der Waals surface area contributed by atoms with E-state index in [9.17, 15) is 15.0 Å². The van der Waals surface area contributed by atoms with Gasteiger partial charge in [0.25, 0.3) is 0 Å². The van der Waals surface area contributed by atoms with Gasteiger partial charge in [0, 0.05) is 23.3 Å². The number of ether oxygens (including phenoxy) is 1. The van der Waals surface area contributed by atoms with Gasteiger partial charge in [0.05, 0.1) is 19.3 Å². The number of rotatable bonds is 12. The Morgan fingerprint density at radius 2 is 2.10 bits per heavy atom. The quantitative estimate of drug-likeness (QED) is 0.117. The fraction of sp³-hybridized carbons (Fsp3) is 0.696. The zero-order valence-electron chi connectivity index (χ0n) is 18.6. The second-order valence-electron chi connectivity index (χ2n) is 8.36. The summed E-state index contributed by atoms with van der Waals surface area (Å²) >= 11 is 0. The highest BCUT2D eigenvalue weighted by molar-refractivity contribution is 5.69. The molecule has 1 unspecified atom stereocenters. The Bertz CT molecular complexity index is 663. The van der Waals surface area contributed by atoms with Crippen LogP contribution in [0, 0.1) is 17.8 Å². The molecule has 1 aliphatic carbocycles. The highest BCUT2D eigenvalue weighted by Crippen LogP contribution is 2.38. The van der Waals surface area contributed by atoms with E-state index < -0.39 is 12.2 Å². The largest absolute Gasteiger partial charge is 0.469 e. The maximum Gasteiger partial charge on any atom is 0.305 e. The van der Waals surface area contributed by atoms with E-state index in [1.165, 1.54) is 12.7 Å². The minimum atomic E-state index is -0.602. The second-order valence-corrected chi connectivity index (χ2v) is 8.36. The lowest BCUT2D eigenvalue weighted by atomic mass is 9.88. The molecular formula is C23H37N3O4. The summed E-state index contributed by atoms with van der Waals surface area (Å²) in [6, 6.07) is -0.278. The van der Waals surface area contributed by atoms with E-state index in [4.69, 9.17) is 5.53 Å². The van der Waals surface area contributed by atoms with Gasteiger partial charge >= 0.3 is 5.97 Å². The Hall–Kier alpha value is -2.08. The van der Waals surface area contributed by atoms with E-state index in [0.717, 1.165) is 19.3 Å². The van der Waals surface area contributed by atoms with Crippen molar-refractivity contribution < 1.29 is 19.7 Å². The summed E-state index contributed by atoms with van der Waals surface area (Å²) < 4.78 is 4.63. The molecular weight excluding hydrogens is 382 g/mol. The molecule has 0 aromatic heterocycles. The van der Waals surface area contributed by atoms with Crippen molar-refractivity contribution >= 4 is 5.97 Å². The zero-order chi connectivity index (χ0) is 22.5. The topological polar surface area (TPSA) is 116 Å². The molecule has 6 atom stereocenters. The van der Waals surface area contributed by atoms with Gasteiger partial charge < -0.3 is 14.9 Å². The molecule has 0 spiro atoms. The van der Waals surface area contributed by atoms with Crippen LogP contribution in [0.5, 0.6) is 0 Å². The minimum absolute atomic E-state index is 0.0238. The third-order valence-corrected chi connectivity index (χ3v) is 5.68. The standard InChI is InChI=1S/C23H37N3O4/c1-16(2)11-12-17(3)21(27)14-13-19-18(20(25-26-24)15-22(19)28)9-7-5-6-8-10-23(29)30-4/h5,7,11,13-14,17-22,27-28H,6,8-10,12,15H2,1-4H3/b7-5-,14-13+/t17?,18-,19-,20+,21-,22-/m1/s1. The van der Waals surface area contributed by atoms with Crippen LogP contribution in [0.4, 0.5) is 0 Å². The maximum absolute atomic E-state index is 11.1. The smallest absolute Gasteiger partial charge is 0.305 e. The molecule has 0 heterocycles. The summed E-state index contributed by atoms with van der Waals surface area (Å²) in [7, 11) is 1.38. The molecule has 7 nitrogen and oxygen atoms in total. The lowest BCUT2D eigenvalue weighted by Gasteiger charge is -2.21. The molecule has 0 saturated heterocycles. The van der Waals surface area contributed by atoms with Crippen molar-refractivity contribution in [2.45, 2.75) is 77.5 Å². The van der Waals surface area contributed by atoms with Crippen molar-refractivity contribution in [2.24, 2.45) is 22.9 Å². The first-order valence-corrected chi connectivity index (χ1v) is 10.7. The molecule has 0 aromatic rings. The third kappa shape index (κ3) is 9.16. The molecule has 1 aliphatic rings. The lowest BCUT2D eigenvalue weighted by molar-refractivity contribution is -0.140. The van der Waals surface area contributed by atoms with Crippen molar-refractivity contribution in [2.75, 3.05) is 7.11 Å². The Labute approximate surface area is 180 Å². The Morgan fingerprint density at radius 3 is 2.73 bits per heavy atom. The number of aliphatic hydroxyl groups is 2. The highest BCUT2D eigenvalue weighted by Gasteiger charge is 2.40. The number of nitrogens with zero attached hydrogens (tertiary/aromatic N) is 3. The lowest BCUT2D eigenvalue weighted by Crippen LogP contribution is -2.21. The number of aliphatic hydroxyl groups excluding tert-OH is 2. The molecule has 0 aliphatic heterocycles. The molecule has 30 heavy (non-hydrogen) atoms. The van der Waals surface area contributed by atoms with E-state index in [2.05, 4.69) is 20.8 Å². The summed E-state index contributed by atoms with van der Waals surface area (Å²) in [6.45, 7) is 6.07. The first kappa shape index (κ1) is 26.0. The Kier molecular flexibility index (Phi) is 12.1. The van der Waals surface area contributed by atoms with Crippen LogP contribution in [0.3, 0.4) is 0 Å². The molecule has 0 amide bonds. The van der Waals surface area contributed by atoms with Gasteiger partial charge in [-0.3, -0.25) is 4.79 Å². The van der Waals surface area contributed by atoms with Crippen LogP contribution in [-0.2, 0) is 9.53 Å². The van der Waals surface area contributed by atoms with Crippen molar-refractivity contribution in [3.05, 3.63) is 46.4 Å². The van der Waals surface area contributed by atoms with Gasteiger partial charge in [0.15, 0.2) is 0 Å². The van der Waals surface area contributed by atoms with Gasteiger partial charge in [-0.2, -0.15) is 0 Å². The average Bonchev–Trinajstić information content (AvgIpc) is 3.00. The van der Waals surface area contributed by atoms with Crippen LogP contribution >= 0.6 is 0 Å². The highest BCUT2D eigenvalue weighted by atomic mass is 16.5. The molecule has 1 saturated carbocycles. The number of hydrogen-bond donors (Lipinski definition) is 2. The molecule has 2 N–H and O–H groups in total. The number of azide groups is 1. The van der Waals surface area contributed by atoms with Gasteiger partial charge in [-0.25, -0.2) is 0 Å². The number of carbonyl (C=O) groups is 1. The normalized spacial score (nSPS) is 25.8. The van der Waals surface area contributed by atoms with E-state index in [0.29, 0.717) is 19.3 Å². The van der Waals surface area contributed by atoms with Crippen LogP contribution in [0.15, 0.2) is 41.1 Å². The van der Waals surface area contributed by atoms with E-state index in [1.807, 2.05) is 39.0 Å². The van der Waals surface area contributed by atoms with E-state index in [1.54, 1.807) is 6.08 Å². The number of unbranched alkanes of at least 4 members (excludes halogenated alkanes) is 1. The van der Waals surface area contributed by atoms with Gasteiger partial charge in [-0.1, -0.05) is 48.0 Å². The van der Waals surface area contributed by atoms with Crippen molar-refractivity contribution in [1.29, 1.82) is 0 Å². The number of carbonyl (C=O) groups excluding carboxylic acids is 1. The number of esters is 1. The van der Waals surface area contributed by atoms with Crippen molar-refractivity contribution in [1.82, 2.24) is 0 Å². The van der Waals surface area contributed by atoms with Gasteiger partial charge in [-0.15, -0.1) is 0 Å². The van der Waals surface area contributed by atoms with Crippen molar-refractivity contribution in [3.8, 4) is 0 Å². The minimum Gasteiger partial charge on any atom is -0.469 e. The molecule has 0 aromatic carbocycles. The van der Waals surface area contributed by atoms with Gasteiger partial charge in [0.1, 0.15) is 0 Å². The van der Waals surface area contributed by atoms with Crippen LogP contribution < -0.4 is 0 Å². The van der Waals surface area contributed by atoms with Gasteiger partial charge in [-0.05, 0) is 63.3 Å². The summed E-state index contributed by atoms with van der Waals surface area (Å²) in [4.78, 5) is 14.1. The maximum atomic E-state index is 11.1. The monoisotopic (exact) mass is 419 g/mol. The molecule has 1 fully saturated rings. The fourth-order valence-corrected chi connectivity index (χ4v) is 3.74. The zero-order valence-corrected chi connectivity index (χ0v) is 18.6. The van der Waals surface area contributed by atoms with Crippen molar-refractivity contribution in [3.63, 3.8) is 0 Å². The molecule has 0 radical (unpaired) electrons. The Balaban J connectivity index is 2.72. The SMILES string of the molecule is COC(=O)CCC/C=C\C[C@@H]1[C@@H](/C=C/[C@@H](O)C(C)CC=C(C)C)[C@H](O)C[C@@H]1N=[N+]=[N-]. The fourth-order valence-electron chi connectivity index (χ4n) is 3.74.